The normalized spacial score (nSPS) is 21.1. The van der Waals surface area contributed by atoms with Crippen molar-refractivity contribution >= 4 is 19.7 Å². The van der Waals surface area contributed by atoms with Crippen LogP contribution in [-0.4, -0.2) is 52.3 Å². The molecule has 164 valence electrons. The first kappa shape index (κ1) is 22.7. The van der Waals surface area contributed by atoms with Crippen molar-refractivity contribution in [3.05, 3.63) is 59.9 Å². The minimum Gasteiger partial charge on any atom is -0.491 e. The lowest BCUT2D eigenvalue weighted by atomic mass is 10.1. The Labute approximate surface area is 177 Å². The van der Waals surface area contributed by atoms with E-state index >= 15 is 0 Å². The first-order chi connectivity index (χ1) is 14.1. The van der Waals surface area contributed by atoms with Crippen LogP contribution in [0.1, 0.15) is 19.4 Å². The van der Waals surface area contributed by atoms with Gasteiger partial charge in [-0.1, -0.05) is 12.1 Å². The third kappa shape index (κ3) is 5.59. The summed E-state index contributed by atoms with van der Waals surface area (Å²) in [4.78, 5) is 0.0750. The summed E-state index contributed by atoms with van der Waals surface area (Å²) in [5.41, 5.74) is 0.880. The molecule has 30 heavy (non-hydrogen) atoms. The fourth-order valence-corrected chi connectivity index (χ4v) is 8.24. The molecule has 0 radical (unpaired) electrons. The van der Waals surface area contributed by atoms with Gasteiger partial charge in [-0.3, -0.25) is 0 Å². The van der Waals surface area contributed by atoms with Crippen molar-refractivity contribution in [2.24, 2.45) is 0 Å². The first-order valence-electron chi connectivity index (χ1n) is 9.76. The number of benzene rings is 2. The van der Waals surface area contributed by atoms with Gasteiger partial charge in [0, 0.05) is 6.04 Å². The maximum atomic E-state index is 13.1. The van der Waals surface area contributed by atoms with Crippen molar-refractivity contribution in [1.29, 1.82) is 0 Å². The van der Waals surface area contributed by atoms with Crippen molar-refractivity contribution in [1.82, 2.24) is 5.32 Å². The molecule has 6 nitrogen and oxygen atoms in total. The van der Waals surface area contributed by atoms with E-state index < -0.39 is 36.7 Å². The minimum absolute atomic E-state index is 0.0397. The van der Waals surface area contributed by atoms with E-state index in [-0.39, 0.29) is 22.6 Å². The second-order valence-corrected chi connectivity index (χ2v) is 12.1. The summed E-state index contributed by atoms with van der Waals surface area (Å²) in [5.74, 6) is -0.413. The predicted molar refractivity (Wildman–Crippen MR) is 114 cm³/mol. The number of nitrogens with one attached hydrogen (secondary N) is 1. The molecule has 0 spiro atoms. The molecule has 1 fully saturated rings. The highest BCUT2D eigenvalue weighted by Crippen LogP contribution is 2.27. The fraction of sp³-hybridized carbons (Fsp3) is 0.429. The SMILES string of the molecule is CC(C)Oc1ccc(S(=O)(=O)[C@H]2CS(=O)(=O)C[C@@H]2NCCc2ccc(F)cc2)cc1. The van der Waals surface area contributed by atoms with Crippen LogP contribution in [0, 0.1) is 5.82 Å². The molecule has 2 atom stereocenters. The van der Waals surface area contributed by atoms with Crippen LogP contribution in [-0.2, 0) is 26.1 Å². The molecule has 1 saturated heterocycles. The smallest absolute Gasteiger partial charge is 0.183 e. The van der Waals surface area contributed by atoms with Gasteiger partial charge in [0.05, 0.1) is 27.8 Å². The van der Waals surface area contributed by atoms with Crippen molar-refractivity contribution < 1.29 is 26.0 Å². The summed E-state index contributed by atoms with van der Waals surface area (Å²) in [5, 5.41) is 2.02. The van der Waals surface area contributed by atoms with Crippen LogP contribution in [0.5, 0.6) is 5.75 Å². The minimum atomic E-state index is -3.85. The number of hydrogen-bond donors (Lipinski definition) is 1. The van der Waals surface area contributed by atoms with E-state index in [1.165, 1.54) is 24.3 Å². The molecule has 3 rings (SSSR count). The van der Waals surface area contributed by atoms with Gasteiger partial charge in [0.15, 0.2) is 19.7 Å². The summed E-state index contributed by atoms with van der Waals surface area (Å²) < 4.78 is 69.3. The van der Waals surface area contributed by atoms with Gasteiger partial charge >= 0.3 is 0 Å². The maximum absolute atomic E-state index is 13.1. The molecule has 0 saturated carbocycles. The average molecular weight is 456 g/mol. The summed E-state index contributed by atoms with van der Waals surface area (Å²) in [6, 6.07) is 11.4. The Balaban J connectivity index is 1.73. The van der Waals surface area contributed by atoms with E-state index in [9.17, 15) is 21.2 Å². The second kappa shape index (κ2) is 9.03. The molecule has 0 aliphatic carbocycles. The summed E-state index contributed by atoms with van der Waals surface area (Å²) in [6.07, 6.45) is 0.493. The van der Waals surface area contributed by atoms with E-state index in [1.807, 2.05) is 13.8 Å². The van der Waals surface area contributed by atoms with Crippen LogP contribution >= 0.6 is 0 Å². The molecule has 0 bridgehead atoms. The van der Waals surface area contributed by atoms with Crippen molar-refractivity contribution in [2.75, 3.05) is 18.1 Å². The van der Waals surface area contributed by atoms with Crippen LogP contribution in [0.4, 0.5) is 4.39 Å². The first-order valence-corrected chi connectivity index (χ1v) is 13.1. The van der Waals surface area contributed by atoms with Crippen LogP contribution in [0.15, 0.2) is 53.4 Å². The number of ether oxygens (including phenoxy) is 1. The highest BCUT2D eigenvalue weighted by Gasteiger charge is 2.45. The summed E-state index contributed by atoms with van der Waals surface area (Å²) in [6.45, 7) is 4.13. The van der Waals surface area contributed by atoms with Gasteiger partial charge in [-0.2, -0.15) is 0 Å². The highest BCUT2D eigenvalue weighted by atomic mass is 32.2. The summed E-state index contributed by atoms with van der Waals surface area (Å²) in [7, 11) is -7.33. The number of hydrogen-bond acceptors (Lipinski definition) is 6. The van der Waals surface area contributed by atoms with E-state index in [1.54, 1.807) is 24.3 Å². The van der Waals surface area contributed by atoms with Gasteiger partial charge in [0.2, 0.25) is 0 Å². The van der Waals surface area contributed by atoms with E-state index in [2.05, 4.69) is 5.32 Å². The third-order valence-electron chi connectivity index (χ3n) is 4.96. The van der Waals surface area contributed by atoms with Gasteiger partial charge in [-0.25, -0.2) is 21.2 Å². The Hall–Kier alpha value is -1.97. The van der Waals surface area contributed by atoms with Crippen molar-refractivity contribution in [3.63, 3.8) is 0 Å². The number of sulfone groups is 2. The molecular weight excluding hydrogens is 429 g/mol. The maximum Gasteiger partial charge on any atom is 0.183 e. The lowest BCUT2D eigenvalue weighted by Crippen LogP contribution is -2.44. The Morgan fingerprint density at radius 2 is 1.70 bits per heavy atom. The van der Waals surface area contributed by atoms with Crippen LogP contribution in [0.25, 0.3) is 0 Å². The molecule has 1 N–H and O–H groups in total. The molecule has 1 heterocycles. The topological polar surface area (TPSA) is 89.5 Å². The largest absolute Gasteiger partial charge is 0.491 e. The summed E-state index contributed by atoms with van der Waals surface area (Å²) >= 11 is 0. The molecule has 1 aliphatic heterocycles. The zero-order chi connectivity index (χ0) is 21.9. The standard InChI is InChI=1S/C21H26FNO5S2/c1-15(2)28-18-7-9-19(10-8-18)30(26,27)21-14-29(24,25)13-20(21)23-12-11-16-3-5-17(22)6-4-16/h3-10,15,20-21,23H,11-14H2,1-2H3/t20-,21-/m0/s1. The lowest BCUT2D eigenvalue weighted by Gasteiger charge is -2.20. The molecule has 1 aliphatic rings. The lowest BCUT2D eigenvalue weighted by molar-refractivity contribution is 0.242. The molecule has 0 amide bonds. The van der Waals surface area contributed by atoms with Gasteiger partial charge in [0.25, 0.3) is 0 Å². The highest BCUT2D eigenvalue weighted by molar-refractivity contribution is 7.96. The zero-order valence-corrected chi connectivity index (χ0v) is 18.5. The Bertz CT molecular complexity index is 1070. The van der Waals surface area contributed by atoms with Gasteiger partial charge in [-0.15, -0.1) is 0 Å². The van der Waals surface area contributed by atoms with E-state index in [4.69, 9.17) is 4.74 Å². The molecule has 9 heteroatoms. The number of halogens is 1. The average Bonchev–Trinajstić information content (AvgIpc) is 2.99. The van der Waals surface area contributed by atoms with Gasteiger partial charge in [0.1, 0.15) is 11.6 Å². The monoisotopic (exact) mass is 455 g/mol. The molecule has 0 aromatic heterocycles. The molecule has 2 aromatic rings. The second-order valence-electron chi connectivity index (χ2n) is 7.74. The fourth-order valence-electron chi connectivity index (χ4n) is 3.52. The molecule has 0 unspecified atom stereocenters. The van der Waals surface area contributed by atoms with Gasteiger partial charge < -0.3 is 10.1 Å². The quantitative estimate of drug-likeness (QED) is 0.657. The van der Waals surface area contributed by atoms with Crippen molar-refractivity contribution in [3.8, 4) is 5.75 Å². The molecular formula is C21H26FNO5S2. The molecule has 2 aromatic carbocycles. The Morgan fingerprint density at radius 3 is 2.30 bits per heavy atom. The van der Waals surface area contributed by atoms with Gasteiger partial charge in [-0.05, 0) is 68.8 Å². The van der Waals surface area contributed by atoms with E-state index in [0.717, 1.165) is 5.56 Å². The zero-order valence-electron chi connectivity index (χ0n) is 16.9. The van der Waals surface area contributed by atoms with Crippen LogP contribution in [0.2, 0.25) is 0 Å². The van der Waals surface area contributed by atoms with Crippen LogP contribution in [0.3, 0.4) is 0 Å². The Morgan fingerprint density at radius 1 is 1.07 bits per heavy atom. The third-order valence-corrected chi connectivity index (χ3v) is 9.12. The van der Waals surface area contributed by atoms with Crippen molar-refractivity contribution in [2.45, 2.75) is 42.6 Å². The van der Waals surface area contributed by atoms with E-state index in [0.29, 0.717) is 18.7 Å². The van der Waals surface area contributed by atoms with Crippen LogP contribution < -0.4 is 10.1 Å². The Kier molecular flexibility index (Phi) is 6.84. The number of rotatable bonds is 8. The predicted octanol–water partition coefficient (Wildman–Crippen LogP) is 2.38.